The average Bonchev–Trinajstić information content (AvgIpc) is 3.17. The summed E-state index contributed by atoms with van der Waals surface area (Å²) in [6.45, 7) is 1.05. The van der Waals surface area contributed by atoms with Crippen LogP contribution in [0, 0.1) is 5.92 Å². The van der Waals surface area contributed by atoms with Crippen molar-refractivity contribution in [1.29, 1.82) is 0 Å². The van der Waals surface area contributed by atoms with Crippen molar-refractivity contribution in [3.63, 3.8) is 0 Å². The molecule has 3 atom stereocenters. The number of amides is 2. The van der Waals surface area contributed by atoms with Gasteiger partial charge < -0.3 is 24.4 Å². The number of likely N-dealkylation sites (tertiary alicyclic amines) is 2. The van der Waals surface area contributed by atoms with E-state index in [2.05, 4.69) is 0 Å². The van der Waals surface area contributed by atoms with Gasteiger partial charge >= 0.3 is 5.97 Å². The molecule has 0 aromatic heterocycles. The third kappa shape index (κ3) is 4.62. The van der Waals surface area contributed by atoms with Crippen LogP contribution in [-0.2, 0) is 19.1 Å². The van der Waals surface area contributed by atoms with Crippen molar-refractivity contribution >= 4 is 17.8 Å². The van der Waals surface area contributed by atoms with E-state index in [0.29, 0.717) is 25.1 Å². The monoisotopic (exact) mass is 390 g/mol. The molecule has 2 aliphatic heterocycles. The van der Waals surface area contributed by atoms with Crippen LogP contribution in [0.5, 0.6) is 5.75 Å². The second kappa shape index (κ2) is 9.05. The topological polar surface area (TPSA) is 96.4 Å². The highest BCUT2D eigenvalue weighted by atomic mass is 16.5. The molecule has 2 fully saturated rings. The number of carboxylic acids is 1. The minimum Gasteiger partial charge on any atom is -0.484 e. The summed E-state index contributed by atoms with van der Waals surface area (Å²) >= 11 is 0. The van der Waals surface area contributed by atoms with Crippen LogP contribution in [0.1, 0.15) is 19.3 Å². The smallest absolute Gasteiger partial charge is 0.326 e. The highest BCUT2D eigenvalue weighted by molar-refractivity contribution is 5.87. The van der Waals surface area contributed by atoms with Gasteiger partial charge in [-0.2, -0.15) is 0 Å². The lowest BCUT2D eigenvalue weighted by Gasteiger charge is -2.34. The van der Waals surface area contributed by atoms with Gasteiger partial charge in [0.25, 0.3) is 5.91 Å². The van der Waals surface area contributed by atoms with Gasteiger partial charge in [-0.3, -0.25) is 9.59 Å². The normalized spacial score (nSPS) is 24.8. The zero-order valence-corrected chi connectivity index (χ0v) is 16.0. The van der Waals surface area contributed by atoms with Gasteiger partial charge in [0.05, 0.1) is 12.0 Å². The Hall–Kier alpha value is -2.61. The van der Waals surface area contributed by atoms with Crippen molar-refractivity contribution in [3.8, 4) is 5.75 Å². The van der Waals surface area contributed by atoms with E-state index in [1.807, 2.05) is 18.2 Å². The number of ether oxygens (including phenoxy) is 2. The third-order valence-electron chi connectivity index (χ3n) is 5.39. The minimum atomic E-state index is -1.02. The predicted octanol–water partition coefficient (Wildman–Crippen LogP) is 1.00. The van der Waals surface area contributed by atoms with E-state index >= 15 is 0 Å². The number of para-hydroxylation sites is 1. The summed E-state index contributed by atoms with van der Waals surface area (Å²) in [6, 6.07) is 8.22. The molecule has 0 saturated carbocycles. The lowest BCUT2D eigenvalue weighted by Crippen LogP contribution is -2.50. The van der Waals surface area contributed by atoms with Gasteiger partial charge in [0, 0.05) is 33.2 Å². The molecule has 8 heteroatoms. The maximum Gasteiger partial charge on any atom is 0.326 e. The third-order valence-corrected chi connectivity index (χ3v) is 5.39. The summed E-state index contributed by atoms with van der Waals surface area (Å²) in [6.07, 6.45) is 1.36. The van der Waals surface area contributed by atoms with Crippen molar-refractivity contribution in [2.75, 3.05) is 33.4 Å². The van der Waals surface area contributed by atoms with Gasteiger partial charge in [0.2, 0.25) is 5.91 Å². The summed E-state index contributed by atoms with van der Waals surface area (Å²) in [4.78, 5) is 40.0. The van der Waals surface area contributed by atoms with Crippen LogP contribution in [0.2, 0.25) is 0 Å². The Bertz CT molecular complexity index is 710. The molecule has 2 saturated heterocycles. The van der Waals surface area contributed by atoms with Crippen molar-refractivity contribution in [2.45, 2.75) is 31.4 Å². The van der Waals surface area contributed by atoms with E-state index < -0.39 is 17.9 Å². The SMILES string of the molecule is COC1CC(C(=O)O)N(C(=O)C2CCCN(C(=O)COc3ccccc3)C2)C1. The number of benzene rings is 1. The first-order valence-corrected chi connectivity index (χ1v) is 9.51. The van der Waals surface area contributed by atoms with E-state index in [4.69, 9.17) is 9.47 Å². The van der Waals surface area contributed by atoms with Crippen molar-refractivity contribution in [1.82, 2.24) is 9.80 Å². The Kier molecular flexibility index (Phi) is 6.51. The summed E-state index contributed by atoms with van der Waals surface area (Å²) in [5, 5.41) is 9.43. The fraction of sp³-hybridized carbons (Fsp3) is 0.550. The second-order valence-electron chi connectivity index (χ2n) is 7.22. The van der Waals surface area contributed by atoms with Gasteiger partial charge in [-0.25, -0.2) is 4.79 Å². The van der Waals surface area contributed by atoms with E-state index in [9.17, 15) is 19.5 Å². The van der Waals surface area contributed by atoms with Gasteiger partial charge in [0.1, 0.15) is 11.8 Å². The molecule has 2 aliphatic rings. The number of piperidine rings is 1. The highest BCUT2D eigenvalue weighted by Gasteiger charge is 2.42. The molecular weight excluding hydrogens is 364 g/mol. The number of nitrogens with zero attached hydrogens (tertiary/aromatic N) is 2. The quantitative estimate of drug-likeness (QED) is 0.779. The largest absolute Gasteiger partial charge is 0.484 e. The fourth-order valence-electron chi connectivity index (χ4n) is 3.84. The van der Waals surface area contributed by atoms with Crippen LogP contribution < -0.4 is 4.74 Å². The van der Waals surface area contributed by atoms with Gasteiger partial charge in [0.15, 0.2) is 6.61 Å². The molecule has 3 unspecified atom stereocenters. The molecule has 0 aliphatic carbocycles. The molecule has 8 nitrogen and oxygen atoms in total. The molecule has 2 amide bonds. The standard InChI is InChI=1S/C20H26N2O6/c1-27-16-10-17(20(25)26)22(12-16)19(24)14-6-5-9-21(11-14)18(23)13-28-15-7-3-2-4-8-15/h2-4,7-8,14,16-17H,5-6,9-13H2,1H3,(H,25,26). The number of methoxy groups -OCH3 is 1. The molecular formula is C20H26N2O6. The minimum absolute atomic E-state index is 0.0852. The van der Waals surface area contributed by atoms with Gasteiger partial charge in [-0.05, 0) is 25.0 Å². The van der Waals surface area contributed by atoms with Crippen molar-refractivity contribution < 1.29 is 29.0 Å². The number of hydrogen-bond donors (Lipinski definition) is 1. The molecule has 1 aromatic carbocycles. The molecule has 0 radical (unpaired) electrons. The molecule has 0 spiro atoms. The fourth-order valence-corrected chi connectivity index (χ4v) is 3.84. The number of carboxylic acid groups (broad SMARTS) is 1. The Morgan fingerprint density at radius 2 is 1.93 bits per heavy atom. The van der Waals surface area contributed by atoms with Gasteiger partial charge in [-0.1, -0.05) is 18.2 Å². The molecule has 1 N–H and O–H groups in total. The Balaban J connectivity index is 1.58. The zero-order valence-electron chi connectivity index (χ0n) is 16.0. The average molecular weight is 390 g/mol. The highest BCUT2D eigenvalue weighted by Crippen LogP contribution is 2.26. The predicted molar refractivity (Wildman–Crippen MR) is 99.8 cm³/mol. The first-order chi connectivity index (χ1) is 13.5. The molecule has 3 rings (SSSR count). The molecule has 0 bridgehead atoms. The lowest BCUT2D eigenvalue weighted by molar-refractivity contribution is -0.151. The molecule has 1 aromatic rings. The molecule has 2 heterocycles. The van der Waals surface area contributed by atoms with E-state index in [1.54, 1.807) is 17.0 Å². The summed E-state index contributed by atoms with van der Waals surface area (Å²) < 4.78 is 10.8. The zero-order chi connectivity index (χ0) is 20.1. The van der Waals surface area contributed by atoms with Crippen LogP contribution in [0.4, 0.5) is 0 Å². The Morgan fingerprint density at radius 1 is 1.18 bits per heavy atom. The van der Waals surface area contributed by atoms with Crippen LogP contribution >= 0.6 is 0 Å². The Labute approximate surface area is 164 Å². The van der Waals surface area contributed by atoms with E-state index in [0.717, 1.165) is 0 Å². The number of rotatable bonds is 6. The maximum atomic E-state index is 13.0. The number of hydrogen-bond acceptors (Lipinski definition) is 5. The van der Waals surface area contributed by atoms with Crippen LogP contribution in [0.25, 0.3) is 0 Å². The summed E-state index contributed by atoms with van der Waals surface area (Å²) in [5.74, 6) is -1.19. The number of aliphatic carboxylic acids is 1. The van der Waals surface area contributed by atoms with E-state index in [-0.39, 0.29) is 44.0 Å². The molecule has 28 heavy (non-hydrogen) atoms. The van der Waals surface area contributed by atoms with Crippen molar-refractivity contribution in [2.24, 2.45) is 5.92 Å². The Morgan fingerprint density at radius 3 is 2.61 bits per heavy atom. The summed E-state index contributed by atoms with van der Waals surface area (Å²) in [5.41, 5.74) is 0. The van der Waals surface area contributed by atoms with Crippen LogP contribution in [0.15, 0.2) is 30.3 Å². The first kappa shape index (κ1) is 20.1. The van der Waals surface area contributed by atoms with Crippen LogP contribution in [-0.4, -0.2) is 78.2 Å². The summed E-state index contributed by atoms with van der Waals surface area (Å²) in [7, 11) is 1.52. The number of carbonyl (C=O) groups is 3. The lowest BCUT2D eigenvalue weighted by atomic mass is 9.96. The van der Waals surface area contributed by atoms with Crippen LogP contribution in [0.3, 0.4) is 0 Å². The second-order valence-corrected chi connectivity index (χ2v) is 7.22. The maximum absolute atomic E-state index is 13.0. The molecule has 152 valence electrons. The van der Waals surface area contributed by atoms with Crippen molar-refractivity contribution in [3.05, 3.63) is 30.3 Å². The number of carbonyl (C=O) groups excluding carboxylic acids is 2. The van der Waals surface area contributed by atoms with E-state index in [1.165, 1.54) is 12.0 Å². The van der Waals surface area contributed by atoms with Gasteiger partial charge in [-0.15, -0.1) is 0 Å². The first-order valence-electron chi connectivity index (χ1n) is 9.51.